The normalized spacial score (nSPS) is 8.82. The molecule has 2 aromatic rings. The molecule has 0 bridgehead atoms. The van der Waals surface area contributed by atoms with Crippen molar-refractivity contribution in [1.82, 2.24) is 0 Å². The molecule has 0 spiro atoms. The van der Waals surface area contributed by atoms with Gasteiger partial charge in [-0.1, -0.05) is 0 Å². The van der Waals surface area contributed by atoms with Gasteiger partial charge in [-0.3, -0.25) is 9.59 Å². The summed E-state index contributed by atoms with van der Waals surface area (Å²) in [7, 11) is 0. The molecule has 0 saturated heterocycles. The van der Waals surface area contributed by atoms with Gasteiger partial charge in [-0.2, -0.15) is 0 Å². The van der Waals surface area contributed by atoms with Crippen molar-refractivity contribution >= 4 is 0 Å². The zero-order valence-electron chi connectivity index (χ0n) is 11.1. The molecule has 10 heteroatoms. The number of rotatable bonds is 2. The van der Waals surface area contributed by atoms with E-state index in [1.807, 2.05) is 0 Å². The molecule has 0 aromatic carbocycles. The summed E-state index contributed by atoms with van der Waals surface area (Å²) in [5.41, 5.74) is -1.09. The molecule has 0 fully saturated rings. The maximum atomic E-state index is 10.6. The molecule has 121 valence electrons. The Morgan fingerprint density at radius 3 is 1.36 bits per heavy atom. The first kappa shape index (κ1) is 22.2. The molecule has 0 aliphatic carbocycles. The SMILES string of the molecule is O.O=c1cc(CO)occ1O.O=c1cc(CO)occ1O.[V]. The van der Waals surface area contributed by atoms with Gasteiger partial charge in [0.05, 0.1) is 0 Å². The van der Waals surface area contributed by atoms with Gasteiger partial charge < -0.3 is 34.7 Å². The molecular formula is C12H14O9V. The first-order chi connectivity index (χ1) is 9.47. The standard InChI is InChI=1S/2C6H6O4.H2O.V/c2*7-2-4-1-5(8)6(9)3-10-4;;/h2*1,3,7,9H,2H2;1H2;. The Hall–Kier alpha value is -2.04. The number of aliphatic hydroxyl groups excluding tert-OH is 2. The van der Waals surface area contributed by atoms with Crippen molar-refractivity contribution in [2.24, 2.45) is 0 Å². The summed E-state index contributed by atoms with van der Waals surface area (Å²) < 4.78 is 9.18. The molecule has 0 aliphatic heterocycles. The van der Waals surface area contributed by atoms with Gasteiger partial charge in [-0.05, 0) is 0 Å². The molecule has 6 N–H and O–H groups in total. The average Bonchev–Trinajstić information content (AvgIpc) is 2.45. The van der Waals surface area contributed by atoms with E-state index in [1.165, 1.54) is 0 Å². The molecule has 22 heavy (non-hydrogen) atoms. The zero-order chi connectivity index (χ0) is 15.1. The first-order valence-electron chi connectivity index (χ1n) is 5.31. The van der Waals surface area contributed by atoms with E-state index in [9.17, 15) is 9.59 Å². The molecule has 0 saturated carbocycles. The Kier molecular flexibility index (Phi) is 10.8. The zero-order valence-corrected chi connectivity index (χ0v) is 12.5. The Labute approximate surface area is 135 Å². The van der Waals surface area contributed by atoms with E-state index in [2.05, 4.69) is 8.83 Å². The Bertz CT molecular complexity index is 617. The summed E-state index contributed by atoms with van der Waals surface area (Å²) in [4.78, 5) is 21.2. The summed E-state index contributed by atoms with van der Waals surface area (Å²) in [6.07, 6.45) is 1.79. The summed E-state index contributed by atoms with van der Waals surface area (Å²) in [5, 5.41) is 34.2. The van der Waals surface area contributed by atoms with E-state index in [-0.39, 0.29) is 48.8 Å². The molecule has 0 amide bonds. The third-order valence-corrected chi connectivity index (χ3v) is 2.04. The van der Waals surface area contributed by atoms with Crippen LogP contribution in [0.5, 0.6) is 11.5 Å². The minimum atomic E-state index is -0.546. The van der Waals surface area contributed by atoms with Crippen LogP contribution in [0.1, 0.15) is 11.5 Å². The van der Waals surface area contributed by atoms with Gasteiger partial charge in [0.25, 0.3) is 0 Å². The Balaban J connectivity index is 0. The van der Waals surface area contributed by atoms with E-state index >= 15 is 0 Å². The van der Waals surface area contributed by atoms with Crippen molar-refractivity contribution in [2.45, 2.75) is 13.2 Å². The smallest absolute Gasteiger partial charge is 0.226 e. The topological polar surface area (TPSA) is 173 Å². The van der Waals surface area contributed by atoms with E-state index in [0.29, 0.717) is 0 Å². The fourth-order valence-corrected chi connectivity index (χ4v) is 1.05. The molecule has 1 radical (unpaired) electrons. The summed E-state index contributed by atoms with van der Waals surface area (Å²) in [5.74, 6) is -0.611. The third-order valence-electron chi connectivity index (χ3n) is 2.04. The minimum Gasteiger partial charge on any atom is -0.502 e. The second kappa shape index (κ2) is 10.7. The van der Waals surface area contributed by atoms with Crippen molar-refractivity contribution < 1.29 is 53.3 Å². The van der Waals surface area contributed by atoms with Crippen molar-refractivity contribution in [2.75, 3.05) is 0 Å². The largest absolute Gasteiger partial charge is 0.502 e. The maximum absolute atomic E-state index is 10.6. The molecule has 0 aliphatic rings. The average molecular weight is 353 g/mol. The fourth-order valence-electron chi connectivity index (χ4n) is 1.05. The van der Waals surface area contributed by atoms with Crippen molar-refractivity contribution in [3.05, 3.63) is 56.6 Å². The predicted molar refractivity (Wildman–Crippen MR) is 68.7 cm³/mol. The maximum Gasteiger partial charge on any atom is 0.226 e. The van der Waals surface area contributed by atoms with Gasteiger partial charge in [-0.25, -0.2) is 0 Å². The number of aliphatic hydroxyl groups is 2. The van der Waals surface area contributed by atoms with Crippen LogP contribution in [0, 0.1) is 0 Å². The van der Waals surface area contributed by atoms with Crippen LogP contribution in [0.25, 0.3) is 0 Å². The van der Waals surface area contributed by atoms with Crippen LogP contribution < -0.4 is 10.9 Å². The van der Waals surface area contributed by atoms with Gasteiger partial charge in [-0.15, -0.1) is 0 Å². The molecular weight excluding hydrogens is 339 g/mol. The van der Waals surface area contributed by atoms with Crippen LogP contribution in [-0.2, 0) is 31.8 Å². The van der Waals surface area contributed by atoms with Crippen LogP contribution in [0.15, 0.2) is 43.1 Å². The first-order valence-corrected chi connectivity index (χ1v) is 5.31. The summed E-state index contributed by atoms with van der Waals surface area (Å²) in [6.45, 7) is -0.676. The van der Waals surface area contributed by atoms with Gasteiger partial charge in [0.2, 0.25) is 10.9 Å². The van der Waals surface area contributed by atoms with E-state index < -0.39 is 22.4 Å². The monoisotopic (exact) mass is 353 g/mol. The molecule has 0 unspecified atom stereocenters. The number of hydrogen-bond donors (Lipinski definition) is 4. The van der Waals surface area contributed by atoms with Crippen LogP contribution in [0.4, 0.5) is 0 Å². The van der Waals surface area contributed by atoms with Crippen molar-refractivity contribution in [1.29, 1.82) is 0 Å². The van der Waals surface area contributed by atoms with E-state index in [1.54, 1.807) is 0 Å². The number of aromatic hydroxyl groups is 2. The fraction of sp³-hybridized carbons (Fsp3) is 0.167. The second-order valence-electron chi connectivity index (χ2n) is 3.51. The van der Waals surface area contributed by atoms with Gasteiger partial charge >= 0.3 is 0 Å². The minimum absolute atomic E-state index is 0. The predicted octanol–water partition coefficient (Wildman–Crippen LogP) is -1.15. The Morgan fingerprint density at radius 1 is 0.818 bits per heavy atom. The van der Waals surface area contributed by atoms with Gasteiger partial charge in [0.1, 0.15) is 37.3 Å². The second-order valence-corrected chi connectivity index (χ2v) is 3.51. The van der Waals surface area contributed by atoms with Gasteiger partial charge in [0, 0.05) is 30.7 Å². The molecule has 2 heterocycles. The summed E-state index contributed by atoms with van der Waals surface area (Å²) in [6, 6.07) is 2.07. The number of hydrogen-bond acceptors (Lipinski definition) is 8. The van der Waals surface area contributed by atoms with E-state index in [4.69, 9.17) is 20.4 Å². The molecule has 9 nitrogen and oxygen atoms in total. The third kappa shape index (κ3) is 6.61. The van der Waals surface area contributed by atoms with Gasteiger partial charge in [0.15, 0.2) is 11.5 Å². The molecule has 2 aromatic heterocycles. The molecule has 2 rings (SSSR count). The van der Waals surface area contributed by atoms with Crippen molar-refractivity contribution in [3.63, 3.8) is 0 Å². The van der Waals surface area contributed by atoms with Crippen LogP contribution >= 0.6 is 0 Å². The van der Waals surface area contributed by atoms with E-state index in [0.717, 1.165) is 24.7 Å². The van der Waals surface area contributed by atoms with Crippen molar-refractivity contribution in [3.8, 4) is 11.5 Å². The van der Waals surface area contributed by atoms with Crippen LogP contribution in [0.2, 0.25) is 0 Å². The quantitative estimate of drug-likeness (QED) is 0.523. The van der Waals surface area contributed by atoms with Crippen LogP contribution in [0.3, 0.4) is 0 Å². The molecule has 0 atom stereocenters. The van der Waals surface area contributed by atoms with Crippen LogP contribution in [-0.4, -0.2) is 25.9 Å². The summed E-state index contributed by atoms with van der Waals surface area (Å²) >= 11 is 0. The Morgan fingerprint density at radius 2 is 1.14 bits per heavy atom.